The van der Waals surface area contributed by atoms with Crippen molar-refractivity contribution in [3.05, 3.63) is 70.2 Å². The molecule has 0 aliphatic rings. The largest absolute Gasteiger partial charge is 0.391 e. The van der Waals surface area contributed by atoms with E-state index in [1.807, 2.05) is 61.5 Å². The van der Waals surface area contributed by atoms with Crippen LogP contribution in [0.5, 0.6) is 0 Å². The molecule has 0 saturated carbocycles. The number of hydrogen-bond donors (Lipinski definition) is 2. The van der Waals surface area contributed by atoms with Gasteiger partial charge < -0.3 is 15.3 Å². The summed E-state index contributed by atoms with van der Waals surface area (Å²) in [5, 5.41) is 22.3. The number of aliphatic hydroxyl groups excluding tert-OH is 1. The first-order valence-corrected chi connectivity index (χ1v) is 10.6. The molecule has 1 aromatic heterocycles. The molecule has 3 aromatic rings. The van der Waals surface area contributed by atoms with Crippen molar-refractivity contribution in [1.82, 2.24) is 10.2 Å². The third-order valence-electron chi connectivity index (χ3n) is 4.63. The summed E-state index contributed by atoms with van der Waals surface area (Å²) >= 11 is 1.27. The van der Waals surface area contributed by atoms with E-state index in [-0.39, 0.29) is 5.91 Å². The van der Waals surface area contributed by atoms with Crippen LogP contribution >= 0.6 is 11.3 Å². The van der Waals surface area contributed by atoms with E-state index in [4.69, 9.17) is 0 Å². The highest BCUT2D eigenvalue weighted by molar-refractivity contribution is 7.13. The quantitative estimate of drug-likeness (QED) is 0.555. The summed E-state index contributed by atoms with van der Waals surface area (Å²) < 4.78 is 0. The summed E-state index contributed by atoms with van der Waals surface area (Å²) in [4.78, 5) is 14.6. The average molecular weight is 411 g/mol. The summed E-state index contributed by atoms with van der Waals surface area (Å²) in [7, 11) is 0. The average Bonchev–Trinajstić information content (AvgIpc) is 3.23. The molecule has 1 heterocycles. The van der Waals surface area contributed by atoms with Gasteiger partial charge in [-0.1, -0.05) is 55.5 Å². The van der Waals surface area contributed by atoms with Gasteiger partial charge in [0.05, 0.1) is 12.6 Å². The lowest BCUT2D eigenvalue weighted by Crippen LogP contribution is -2.31. The Morgan fingerprint density at radius 2 is 1.83 bits per heavy atom. The number of carbonyl (C=O) groups is 1. The number of anilines is 2. The fourth-order valence-electron chi connectivity index (χ4n) is 2.86. The lowest BCUT2D eigenvalue weighted by atomic mass is 10.1. The number of para-hydroxylation sites is 1. The van der Waals surface area contributed by atoms with Gasteiger partial charge in [0.15, 0.2) is 0 Å². The smallest absolute Gasteiger partial charge is 0.286 e. The number of aromatic nitrogens is 2. The summed E-state index contributed by atoms with van der Waals surface area (Å²) in [5.74, 6) is -0.266. The first-order valence-electron chi connectivity index (χ1n) is 9.79. The lowest BCUT2D eigenvalue weighted by molar-refractivity contribution is 0.102. The molecular formula is C22H26N4O2S. The van der Waals surface area contributed by atoms with Gasteiger partial charge in [-0.15, -0.1) is 10.2 Å². The Bertz CT molecular complexity index is 912. The Balaban J connectivity index is 1.68. The summed E-state index contributed by atoms with van der Waals surface area (Å²) in [6, 6.07) is 17.7. The number of benzene rings is 2. The number of rotatable bonds is 9. The van der Waals surface area contributed by atoms with Crippen LogP contribution in [-0.2, 0) is 13.0 Å². The predicted octanol–water partition coefficient (Wildman–Crippen LogP) is 4.13. The van der Waals surface area contributed by atoms with Crippen molar-refractivity contribution >= 4 is 28.6 Å². The monoisotopic (exact) mass is 410 g/mol. The second-order valence-electron chi connectivity index (χ2n) is 6.78. The standard InChI is InChI=1S/C22H26N4O2S/c1-3-16-10-12-17(13-11-16)23-21(28)22-25-24-20(29-22)15-26(14-19(27)4-2)18-8-6-5-7-9-18/h5-13,19,27H,3-4,14-15H2,1-2H3,(H,23,28). The normalized spacial score (nSPS) is 11.8. The van der Waals surface area contributed by atoms with Crippen molar-refractivity contribution in [2.75, 3.05) is 16.8 Å². The van der Waals surface area contributed by atoms with Crippen molar-refractivity contribution in [2.24, 2.45) is 0 Å². The predicted molar refractivity (Wildman–Crippen MR) is 117 cm³/mol. The van der Waals surface area contributed by atoms with Gasteiger partial charge in [-0.3, -0.25) is 4.79 Å². The molecule has 6 nitrogen and oxygen atoms in total. The summed E-state index contributed by atoms with van der Waals surface area (Å²) in [6.07, 6.45) is 1.19. The zero-order valence-corrected chi connectivity index (χ0v) is 17.5. The van der Waals surface area contributed by atoms with Crippen LogP contribution in [0.15, 0.2) is 54.6 Å². The van der Waals surface area contributed by atoms with E-state index in [0.29, 0.717) is 24.5 Å². The van der Waals surface area contributed by atoms with Crippen molar-refractivity contribution in [2.45, 2.75) is 39.3 Å². The van der Waals surface area contributed by atoms with Crippen LogP contribution in [0.1, 0.15) is 40.6 Å². The lowest BCUT2D eigenvalue weighted by Gasteiger charge is -2.25. The zero-order chi connectivity index (χ0) is 20.6. The van der Waals surface area contributed by atoms with E-state index in [1.165, 1.54) is 16.9 Å². The number of amides is 1. The van der Waals surface area contributed by atoms with Gasteiger partial charge in [-0.25, -0.2) is 0 Å². The Morgan fingerprint density at radius 3 is 2.48 bits per heavy atom. The van der Waals surface area contributed by atoms with Crippen LogP contribution in [0.3, 0.4) is 0 Å². The third-order valence-corrected chi connectivity index (χ3v) is 5.54. The molecule has 0 bridgehead atoms. The second kappa shape index (κ2) is 10.1. The van der Waals surface area contributed by atoms with Gasteiger partial charge >= 0.3 is 0 Å². The van der Waals surface area contributed by atoms with Crippen molar-refractivity contribution in [3.8, 4) is 0 Å². The van der Waals surface area contributed by atoms with E-state index in [9.17, 15) is 9.90 Å². The number of nitrogens with zero attached hydrogens (tertiary/aromatic N) is 3. The molecule has 0 aliphatic heterocycles. The van der Waals surface area contributed by atoms with Gasteiger partial charge in [0, 0.05) is 17.9 Å². The van der Waals surface area contributed by atoms with Gasteiger partial charge in [0.25, 0.3) is 5.91 Å². The first kappa shape index (κ1) is 21.0. The molecule has 29 heavy (non-hydrogen) atoms. The summed E-state index contributed by atoms with van der Waals surface area (Å²) in [6.45, 7) is 5.02. The minimum atomic E-state index is -0.433. The number of nitrogens with one attached hydrogen (secondary N) is 1. The van der Waals surface area contributed by atoms with E-state index >= 15 is 0 Å². The molecular weight excluding hydrogens is 384 g/mol. The highest BCUT2D eigenvalue weighted by Gasteiger charge is 2.17. The van der Waals surface area contributed by atoms with Crippen LogP contribution in [0, 0.1) is 0 Å². The molecule has 1 unspecified atom stereocenters. The Labute approximate surface area is 175 Å². The molecule has 1 atom stereocenters. The van der Waals surface area contributed by atoms with E-state index < -0.39 is 6.10 Å². The van der Waals surface area contributed by atoms with Gasteiger partial charge in [-0.05, 0) is 42.7 Å². The van der Waals surface area contributed by atoms with Crippen molar-refractivity contribution in [3.63, 3.8) is 0 Å². The number of aryl methyl sites for hydroxylation is 1. The Morgan fingerprint density at radius 1 is 1.10 bits per heavy atom. The Kier molecular flexibility index (Phi) is 7.32. The summed E-state index contributed by atoms with van der Waals surface area (Å²) in [5.41, 5.74) is 2.95. The molecule has 3 rings (SSSR count). The van der Waals surface area contributed by atoms with E-state index in [1.54, 1.807) is 0 Å². The number of hydrogen-bond acceptors (Lipinski definition) is 6. The molecule has 2 aromatic carbocycles. The number of carbonyl (C=O) groups excluding carboxylic acids is 1. The minimum Gasteiger partial charge on any atom is -0.391 e. The minimum absolute atomic E-state index is 0.266. The fraction of sp³-hybridized carbons (Fsp3) is 0.318. The van der Waals surface area contributed by atoms with Crippen LogP contribution in [0.25, 0.3) is 0 Å². The maximum Gasteiger partial charge on any atom is 0.286 e. The molecule has 0 spiro atoms. The van der Waals surface area contributed by atoms with Crippen LogP contribution in [0.2, 0.25) is 0 Å². The Hall–Kier alpha value is -2.77. The van der Waals surface area contributed by atoms with Crippen LogP contribution < -0.4 is 10.2 Å². The van der Waals surface area contributed by atoms with Gasteiger partial charge in [-0.2, -0.15) is 0 Å². The molecule has 7 heteroatoms. The third kappa shape index (κ3) is 5.85. The molecule has 1 amide bonds. The molecule has 2 N–H and O–H groups in total. The van der Waals surface area contributed by atoms with E-state index in [0.717, 1.165) is 22.8 Å². The topological polar surface area (TPSA) is 78.4 Å². The van der Waals surface area contributed by atoms with Crippen LogP contribution in [0.4, 0.5) is 11.4 Å². The zero-order valence-electron chi connectivity index (χ0n) is 16.7. The first-order chi connectivity index (χ1) is 14.1. The molecule has 0 saturated heterocycles. The van der Waals surface area contributed by atoms with Crippen molar-refractivity contribution in [1.29, 1.82) is 0 Å². The SMILES string of the molecule is CCc1ccc(NC(=O)c2nnc(CN(CC(O)CC)c3ccccc3)s2)cc1. The fourth-order valence-corrected chi connectivity index (χ4v) is 3.62. The highest BCUT2D eigenvalue weighted by Crippen LogP contribution is 2.20. The second-order valence-corrected chi connectivity index (χ2v) is 7.85. The maximum absolute atomic E-state index is 12.5. The van der Waals surface area contributed by atoms with E-state index in [2.05, 4.69) is 27.3 Å². The highest BCUT2D eigenvalue weighted by atomic mass is 32.1. The van der Waals surface area contributed by atoms with Crippen LogP contribution in [-0.4, -0.2) is 33.9 Å². The molecule has 152 valence electrons. The number of aliphatic hydroxyl groups is 1. The van der Waals surface area contributed by atoms with Gasteiger partial charge in [0.1, 0.15) is 5.01 Å². The molecule has 0 radical (unpaired) electrons. The van der Waals surface area contributed by atoms with Gasteiger partial charge in [0.2, 0.25) is 5.01 Å². The molecule has 0 fully saturated rings. The van der Waals surface area contributed by atoms with Crippen molar-refractivity contribution < 1.29 is 9.90 Å². The maximum atomic E-state index is 12.5. The molecule has 0 aliphatic carbocycles.